The molecular formula is C37H48N6O7S. The molecule has 0 radical (unpaired) electrons. The Balaban J connectivity index is 1.20. The van der Waals surface area contributed by atoms with Crippen molar-refractivity contribution >= 4 is 50.6 Å². The van der Waals surface area contributed by atoms with E-state index in [1.807, 2.05) is 48.6 Å². The van der Waals surface area contributed by atoms with Gasteiger partial charge in [0.15, 0.2) is 0 Å². The average Bonchev–Trinajstić information content (AvgIpc) is 3.96. The Morgan fingerprint density at radius 2 is 1.78 bits per heavy atom. The summed E-state index contributed by atoms with van der Waals surface area (Å²) in [5.74, 6) is -1.63. The highest BCUT2D eigenvalue weighted by Gasteiger charge is 2.63. The zero-order valence-corrected chi connectivity index (χ0v) is 30.3. The number of amides is 4. The molecule has 4 heterocycles. The second-order valence-corrected chi connectivity index (χ2v) is 17.8. The number of pyridine rings is 1. The van der Waals surface area contributed by atoms with E-state index in [1.165, 1.54) is 0 Å². The minimum atomic E-state index is -3.86. The molecule has 4 fully saturated rings. The van der Waals surface area contributed by atoms with Crippen LogP contribution in [0.15, 0.2) is 48.6 Å². The molecule has 2 aliphatic carbocycles. The molecule has 2 saturated heterocycles. The molecule has 5 aliphatic rings. The number of nitrogens with one attached hydrogen (secondary N) is 3. The first kappa shape index (κ1) is 35.2. The summed E-state index contributed by atoms with van der Waals surface area (Å²) in [4.78, 5) is 64.4. The van der Waals surface area contributed by atoms with E-state index in [1.54, 1.807) is 25.7 Å². The van der Waals surface area contributed by atoms with Crippen molar-refractivity contribution in [1.29, 1.82) is 0 Å². The van der Waals surface area contributed by atoms with Crippen molar-refractivity contribution in [2.24, 2.45) is 17.8 Å². The fraction of sp³-hybridized carbons (Fsp3) is 0.595. The molecular weight excluding hydrogens is 673 g/mol. The maximum Gasteiger partial charge on any atom is 0.408 e. The number of nitrogens with zero attached hydrogens (tertiary/aromatic N) is 3. The number of rotatable bonds is 5. The zero-order valence-electron chi connectivity index (χ0n) is 29.5. The van der Waals surface area contributed by atoms with Crippen LogP contribution in [0.4, 0.5) is 10.6 Å². The van der Waals surface area contributed by atoms with Crippen molar-refractivity contribution in [2.75, 3.05) is 24.5 Å². The molecule has 2 saturated carbocycles. The fourth-order valence-electron chi connectivity index (χ4n) is 7.94. The predicted octanol–water partition coefficient (Wildman–Crippen LogP) is 3.39. The molecule has 0 unspecified atom stereocenters. The highest BCUT2D eigenvalue weighted by atomic mass is 32.2. The number of hydrogen-bond donors (Lipinski definition) is 3. The van der Waals surface area contributed by atoms with Crippen molar-refractivity contribution in [1.82, 2.24) is 25.2 Å². The molecule has 13 nitrogen and oxygen atoms in total. The fourth-order valence-corrected chi connectivity index (χ4v) is 9.30. The number of carbonyl (C=O) groups excluding carboxylic acids is 4. The normalized spacial score (nSPS) is 30.6. The largest absolute Gasteiger partial charge is 0.444 e. The predicted molar refractivity (Wildman–Crippen MR) is 191 cm³/mol. The van der Waals surface area contributed by atoms with Crippen molar-refractivity contribution in [3.8, 4) is 0 Å². The van der Waals surface area contributed by atoms with E-state index in [0.717, 1.165) is 36.0 Å². The van der Waals surface area contributed by atoms with Crippen LogP contribution in [0.1, 0.15) is 72.1 Å². The number of aromatic nitrogens is 1. The van der Waals surface area contributed by atoms with Crippen LogP contribution in [0.25, 0.3) is 10.9 Å². The number of alkyl carbamates (subject to hydrolysis) is 1. The van der Waals surface area contributed by atoms with Crippen molar-refractivity contribution < 1.29 is 32.3 Å². The number of carbonyl (C=O) groups is 4. The van der Waals surface area contributed by atoms with E-state index >= 15 is 0 Å². The summed E-state index contributed by atoms with van der Waals surface area (Å²) in [5.41, 5.74) is -1.36. The highest BCUT2D eigenvalue weighted by Crippen LogP contribution is 2.47. The van der Waals surface area contributed by atoms with Gasteiger partial charge in [-0.15, -0.1) is 0 Å². The lowest BCUT2D eigenvalue weighted by atomic mass is 9.93. The van der Waals surface area contributed by atoms with E-state index in [-0.39, 0.29) is 36.6 Å². The summed E-state index contributed by atoms with van der Waals surface area (Å²) in [5, 5.41) is 6.19. The van der Waals surface area contributed by atoms with Crippen molar-refractivity contribution in [3.63, 3.8) is 0 Å². The monoisotopic (exact) mass is 720 g/mol. The molecule has 3 N–H and O–H groups in total. The molecule has 51 heavy (non-hydrogen) atoms. The summed E-state index contributed by atoms with van der Waals surface area (Å²) >= 11 is 0. The van der Waals surface area contributed by atoms with Crippen LogP contribution < -0.4 is 20.3 Å². The zero-order chi connectivity index (χ0) is 36.1. The van der Waals surface area contributed by atoms with E-state index in [4.69, 9.17) is 9.72 Å². The van der Waals surface area contributed by atoms with Gasteiger partial charge in [-0.25, -0.2) is 18.2 Å². The molecule has 14 heteroatoms. The molecule has 274 valence electrons. The first-order chi connectivity index (χ1) is 24.2. The summed E-state index contributed by atoms with van der Waals surface area (Å²) < 4.78 is 33.5. The Morgan fingerprint density at radius 3 is 2.55 bits per heavy atom. The van der Waals surface area contributed by atoms with Gasteiger partial charge in [-0.1, -0.05) is 43.2 Å². The Labute approximate surface area is 299 Å². The van der Waals surface area contributed by atoms with Gasteiger partial charge in [-0.3, -0.25) is 19.1 Å². The third kappa shape index (κ3) is 7.42. The number of benzene rings is 1. The summed E-state index contributed by atoms with van der Waals surface area (Å²) in [6.07, 6.45) is 7.82. The van der Waals surface area contributed by atoms with Crippen LogP contribution in [-0.2, 0) is 29.1 Å². The standard InChI is InChI=1S/C37H48N6O7S/c1-36(2,3)50-35(47)39-29-14-8-6-4-5-7-12-25-19-37(25,34(46)41-51(48,49)26-16-17-26)40-32(44)31-27-22-42(20-24(27)21-43(31)33(29)45)30-18-15-23-11-9-10-13-28(23)38-30/h7,9-13,15,18,24-27,29,31H,4-6,8,14,16-17,19-22H2,1-3H3,(H,39,47)(H,40,44)(H,41,46)/b12-7-/t24-,25+,27-,29-,31-,37+/m0/s1. The topological polar surface area (TPSA) is 167 Å². The minimum absolute atomic E-state index is 0.0889. The molecule has 4 amide bonds. The van der Waals surface area contributed by atoms with E-state index < -0.39 is 56.4 Å². The molecule has 1 aromatic heterocycles. The smallest absolute Gasteiger partial charge is 0.408 e. The number of hydrogen-bond acceptors (Lipinski definition) is 9. The van der Waals surface area contributed by atoms with E-state index in [0.29, 0.717) is 38.8 Å². The average molecular weight is 721 g/mol. The van der Waals surface area contributed by atoms with Gasteiger partial charge < -0.3 is 25.2 Å². The molecule has 2 aromatic rings. The molecule has 0 spiro atoms. The van der Waals surface area contributed by atoms with Crippen LogP contribution in [0.2, 0.25) is 0 Å². The first-order valence-electron chi connectivity index (χ1n) is 18.2. The van der Waals surface area contributed by atoms with Crippen LogP contribution in [0, 0.1) is 17.8 Å². The van der Waals surface area contributed by atoms with Crippen LogP contribution >= 0.6 is 0 Å². The van der Waals surface area contributed by atoms with Gasteiger partial charge in [-0.2, -0.15) is 0 Å². The SMILES string of the molecule is CC(C)(C)OC(=O)N[C@H]1CCCCC/C=C\[C@@H]2C[C@@]2(C(=O)NS(=O)(=O)C2CC2)NC(=O)[C@@H]2[C@H]3CN(c4ccc5ccccc5n4)C[C@H]3CN2C1=O. The molecule has 1 aromatic carbocycles. The Morgan fingerprint density at radius 1 is 1.00 bits per heavy atom. The van der Waals surface area contributed by atoms with Crippen LogP contribution in [-0.4, -0.2) is 90.2 Å². The number of allylic oxidation sites excluding steroid dienone is 1. The number of anilines is 1. The molecule has 6 atom stereocenters. The van der Waals surface area contributed by atoms with Gasteiger partial charge in [0.1, 0.15) is 29.0 Å². The maximum absolute atomic E-state index is 14.6. The highest BCUT2D eigenvalue weighted by molar-refractivity contribution is 7.91. The second-order valence-electron chi connectivity index (χ2n) is 15.8. The van der Waals surface area contributed by atoms with Crippen molar-refractivity contribution in [2.45, 2.75) is 101 Å². The number of fused-ring (bicyclic) bond motifs is 5. The van der Waals surface area contributed by atoms with Crippen LogP contribution in [0.3, 0.4) is 0 Å². The molecule has 7 rings (SSSR count). The van der Waals surface area contributed by atoms with Crippen LogP contribution in [0.5, 0.6) is 0 Å². The Bertz CT molecular complexity index is 1860. The van der Waals surface area contributed by atoms with Gasteiger partial charge in [0, 0.05) is 42.8 Å². The van der Waals surface area contributed by atoms with Gasteiger partial charge in [0.2, 0.25) is 21.8 Å². The third-order valence-electron chi connectivity index (χ3n) is 10.8. The van der Waals surface area contributed by atoms with E-state index in [9.17, 15) is 27.6 Å². The Hall–Kier alpha value is -4.20. The lowest BCUT2D eigenvalue weighted by molar-refractivity contribution is -0.142. The minimum Gasteiger partial charge on any atom is -0.444 e. The van der Waals surface area contributed by atoms with Crippen molar-refractivity contribution in [3.05, 3.63) is 48.6 Å². The number of para-hydroxylation sites is 1. The first-order valence-corrected chi connectivity index (χ1v) is 19.7. The summed E-state index contributed by atoms with van der Waals surface area (Å²) in [6.45, 7) is 6.54. The lowest BCUT2D eigenvalue weighted by Gasteiger charge is -2.33. The van der Waals surface area contributed by atoms with Gasteiger partial charge >= 0.3 is 6.09 Å². The van der Waals surface area contributed by atoms with Gasteiger partial charge in [-0.05, 0) is 77.5 Å². The Kier molecular flexibility index (Phi) is 9.26. The number of sulfonamides is 1. The molecule has 3 aliphatic heterocycles. The molecule has 0 bridgehead atoms. The lowest BCUT2D eigenvalue weighted by Crippen LogP contribution is -2.60. The summed E-state index contributed by atoms with van der Waals surface area (Å²) in [7, 11) is -3.86. The number of ether oxygens (including phenoxy) is 1. The van der Waals surface area contributed by atoms with Gasteiger partial charge in [0.25, 0.3) is 5.91 Å². The summed E-state index contributed by atoms with van der Waals surface area (Å²) in [6, 6.07) is 9.96. The maximum atomic E-state index is 14.6. The third-order valence-corrected chi connectivity index (χ3v) is 12.6. The van der Waals surface area contributed by atoms with Gasteiger partial charge in [0.05, 0.1) is 10.8 Å². The van der Waals surface area contributed by atoms with E-state index in [2.05, 4.69) is 20.3 Å². The second kappa shape index (κ2) is 13.4. The quantitative estimate of drug-likeness (QED) is 0.393.